The fraction of sp³-hybridized carbons (Fsp3) is 0.450. The van der Waals surface area contributed by atoms with Crippen molar-refractivity contribution in [1.82, 2.24) is 4.90 Å². The Morgan fingerprint density at radius 1 is 1.24 bits per heavy atom. The summed E-state index contributed by atoms with van der Waals surface area (Å²) >= 11 is 6.22. The van der Waals surface area contributed by atoms with Gasteiger partial charge in [-0.05, 0) is 36.6 Å². The Bertz CT molecular complexity index is 825. The zero-order valence-corrected chi connectivity index (χ0v) is 16.7. The Kier molecular flexibility index (Phi) is 6.98. The van der Waals surface area contributed by atoms with Crippen molar-refractivity contribution < 1.29 is 28.6 Å². The van der Waals surface area contributed by atoms with Gasteiger partial charge in [0.2, 0.25) is 5.91 Å². The molecule has 8 nitrogen and oxygen atoms in total. The van der Waals surface area contributed by atoms with Crippen molar-refractivity contribution in [2.75, 3.05) is 32.9 Å². The van der Waals surface area contributed by atoms with E-state index in [1.165, 1.54) is 17.1 Å². The molecule has 0 unspecified atom stereocenters. The van der Waals surface area contributed by atoms with Crippen molar-refractivity contribution in [2.24, 2.45) is 11.7 Å². The van der Waals surface area contributed by atoms with E-state index < -0.39 is 18.5 Å². The second kappa shape index (κ2) is 9.65. The van der Waals surface area contributed by atoms with Crippen molar-refractivity contribution in [3.8, 4) is 11.5 Å². The summed E-state index contributed by atoms with van der Waals surface area (Å²) in [6, 6.07) is 3.38. The van der Waals surface area contributed by atoms with E-state index in [1.807, 2.05) is 0 Å². The van der Waals surface area contributed by atoms with Crippen LogP contribution in [-0.2, 0) is 19.1 Å². The lowest BCUT2D eigenvalue weighted by molar-refractivity contribution is -0.149. The van der Waals surface area contributed by atoms with Crippen LogP contribution in [0.1, 0.15) is 24.8 Å². The van der Waals surface area contributed by atoms with Crippen LogP contribution in [0.15, 0.2) is 18.2 Å². The minimum Gasteiger partial charge on any atom is -0.489 e. The Labute approximate surface area is 173 Å². The molecule has 1 saturated heterocycles. The third-order valence-corrected chi connectivity index (χ3v) is 5.03. The van der Waals surface area contributed by atoms with E-state index in [-0.39, 0.29) is 18.4 Å². The second-order valence-electron chi connectivity index (χ2n) is 6.90. The number of fused-ring (bicyclic) bond motifs is 1. The number of rotatable bonds is 5. The fourth-order valence-electron chi connectivity index (χ4n) is 3.22. The van der Waals surface area contributed by atoms with Gasteiger partial charge in [0.1, 0.15) is 0 Å². The maximum atomic E-state index is 12.2. The SMILES string of the molecule is NC(=O)[C@H]1CCCN(C(=O)COC(=O)/C=C/c2cc(Cl)c3c(c2)OCCCO3)C1. The van der Waals surface area contributed by atoms with Gasteiger partial charge in [0.05, 0.1) is 24.2 Å². The van der Waals surface area contributed by atoms with Crippen LogP contribution in [0.3, 0.4) is 0 Å². The summed E-state index contributed by atoms with van der Waals surface area (Å²) in [4.78, 5) is 37.0. The van der Waals surface area contributed by atoms with Gasteiger partial charge in [-0.2, -0.15) is 0 Å². The Morgan fingerprint density at radius 3 is 2.83 bits per heavy atom. The molecule has 3 rings (SSSR count). The molecule has 0 saturated carbocycles. The number of halogens is 1. The summed E-state index contributed by atoms with van der Waals surface area (Å²) < 4.78 is 16.2. The molecule has 0 spiro atoms. The van der Waals surface area contributed by atoms with Crippen LogP contribution in [0, 0.1) is 5.92 Å². The van der Waals surface area contributed by atoms with Crippen LogP contribution in [0.25, 0.3) is 6.08 Å². The first kappa shape index (κ1) is 21.0. The number of hydrogen-bond donors (Lipinski definition) is 1. The van der Waals surface area contributed by atoms with E-state index >= 15 is 0 Å². The highest BCUT2D eigenvalue weighted by Crippen LogP contribution is 2.38. The highest BCUT2D eigenvalue weighted by Gasteiger charge is 2.27. The normalized spacial score (nSPS) is 18.9. The van der Waals surface area contributed by atoms with Crippen molar-refractivity contribution >= 4 is 35.5 Å². The number of amides is 2. The van der Waals surface area contributed by atoms with E-state index in [9.17, 15) is 14.4 Å². The number of hydrogen-bond acceptors (Lipinski definition) is 6. The number of likely N-dealkylation sites (tertiary alicyclic amines) is 1. The van der Waals surface area contributed by atoms with Crippen LogP contribution < -0.4 is 15.2 Å². The lowest BCUT2D eigenvalue weighted by Crippen LogP contribution is -2.45. The zero-order valence-electron chi connectivity index (χ0n) is 15.9. The molecule has 2 N–H and O–H groups in total. The first-order valence-electron chi connectivity index (χ1n) is 9.45. The number of piperidine rings is 1. The summed E-state index contributed by atoms with van der Waals surface area (Å²) in [5.41, 5.74) is 5.95. The lowest BCUT2D eigenvalue weighted by atomic mass is 9.97. The molecule has 1 aromatic rings. The quantitative estimate of drug-likeness (QED) is 0.572. The molecule has 1 atom stereocenters. The minimum atomic E-state index is -0.662. The zero-order chi connectivity index (χ0) is 20.8. The van der Waals surface area contributed by atoms with Crippen LogP contribution in [0.2, 0.25) is 5.02 Å². The van der Waals surface area contributed by atoms with Crippen LogP contribution >= 0.6 is 11.6 Å². The van der Waals surface area contributed by atoms with Gasteiger partial charge in [0.15, 0.2) is 18.1 Å². The third-order valence-electron chi connectivity index (χ3n) is 4.75. The maximum Gasteiger partial charge on any atom is 0.331 e. The second-order valence-corrected chi connectivity index (χ2v) is 7.31. The monoisotopic (exact) mass is 422 g/mol. The van der Waals surface area contributed by atoms with Gasteiger partial charge >= 0.3 is 5.97 Å². The van der Waals surface area contributed by atoms with Crippen molar-refractivity contribution in [3.05, 3.63) is 28.8 Å². The van der Waals surface area contributed by atoms with Gasteiger partial charge in [-0.1, -0.05) is 11.6 Å². The van der Waals surface area contributed by atoms with Gasteiger partial charge < -0.3 is 24.8 Å². The molecule has 1 fully saturated rings. The predicted molar refractivity (Wildman–Crippen MR) is 106 cm³/mol. The lowest BCUT2D eigenvalue weighted by Gasteiger charge is -2.30. The van der Waals surface area contributed by atoms with Crippen LogP contribution in [-0.4, -0.2) is 55.6 Å². The predicted octanol–water partition coefficient (Wildman–Crippen LogP) is 1.78. The minimum absolute atomic E-state index is 0.261. The smallest absolute Gasteiger partial charge is 0.331 e. The molecular weight excluding hydrogens is 400 g/mol. The van der Waals surface area contributed by atoms with Gasteiger partial charge in [0, 0.05) is 25.6 Å². The summed E-state index contributed by atoms with van der Waals surface area (Å²) in [5.74, 6) is -0.775. The van der Waals surface area contributed by atoms with Crippen LogP contribution in [0.5, 0.6) is 11.5 Å². The molecule has 1 aromatic carbocycles. The molecule has 0 bridgehead atoms. The number of nitrogens with two attached hydrogens (primary N) is 1. The molecule has 2 aliphatic rings. The first-order chi connectivity index (χ1) is 13.9. The highest BCUT2D eigenvalue weighted by atomic mass is 35.5. The van der Waals surface area contributed by atoms with Crippen molar-refractivity contribution in [2.45, 2.75) is 19.3 Å². The fourth-order valence-corrected chi connectivity index (χ4v) is 3.49. The summed E-state index contributed by atoms with van der Waals surface area (Å²) in [5, 5.41) is 0.390. The molecule has 9 heteroatoms. The summed E-state index contributed by atoms with van der Waals surface area (Å²) in [7, 11) is 0. The summed E-state index contributed by atoms with van der Waals surface area (Å²) in [6.07, 6.45) is 4.86. The molecule has 0 aromatic heterocycles. The number of primary amides is 1. The average Bonchev–Trinajstić information content (AvgIpc) is 2.96. The van der Waals surface area contributed by atoms with E-state index in [1.54, 1.807) is 12.1 Å². The number of carbonyl (C=O) groups excluding carboxylic acids is 3. The maximum absolute atomic E-state index is 12.2. The van der Waals surface area contributed by atoms with Gasteiger partial charge in [-0.3, -0.25) is 9.59 Å². The molecular formula is C20H23ClN2O6. The molecule has 0 aliphatic carbocycles. The van der Waals surface area contributed by atoms with Crippen LogP contribution in [0.4, 0.5) is 0 Å². The standard InChI is InChI=1S/C20H23ClN2O6/c21-15-9-13(10-16-19(15)28-8-2-7-27-16)4-5-18(25)29-12-17(24)23-6-1-3-14(11-23)20(22)26/h4-5,9-10,14H,1-3,6-8,11-12H2,(H2,22,26)/b5-4+/t14-/m0/s1. The van der Waals surface area contributed by atoms with Crippen molar-refractivity contribution in [1.29, 1.82) is 0 Å². The molecule has 2 amide bonds. The number of carbonyl (C=O) groups is 3. The molecule has 0 radical (unpaired) electrons. The van der Waals surface area contributed by atoms with Gasteiger partial charge in [0.25, 0.3) is 5.91 Å². The van der Waals surface area contributed by atoms with E-state index in [2.05, 4.69) is 0 Å². The van der Waals surface area contributed by atoms with E-state index in [0.29, 0.717) is 54.7 Å². The van der Waals surface area contributed by atoms with Gasteiger partial charge in [-0.25, -0.2) is 4.79 Å². The third kappa shape index (κ3) is 5.63. The topological polar surface area (TPSA) is 108 Å². The average molecular weight is 423 g/mol. The Morgan fingerprint density at radius 2 is 2.03 bits per heavy atom. The molecule has 2 heterocycles. The number of esters is 1. The first-order valence-corrected chi connectivity index (χ1v) is 9.83. The summed E-state index contributed by atoms with van der Waals surface area (Å²) in [6.45, 7) is 1.44. The Balaban J connectivity index is 1.53. The molecule has 2 aliphatic heterocycles. The molecule has 29 heavy (non-hydrogen) atoms. The number of benzene rings is 1. The number of nitrogens with zero attached hydrogens (tertiary/aromatic N) is 1. The number of ether oxygens (including phenoxy) is 3. The Hall–Kier alpha value is -2.74. The highest BCUT2D eigenvalue weighted by molar-refractivity contribution is 6.32. The van der Waals surface area contributed by atoms with E-state index in [0.717, 1.165) is 6.42 Å². The van der Waals surface area contributed by atoms with E-state index in [4.69, 9.17) is 31.5 Å². The molecule has 156 valence electrons. The largest absolute Gasteiger partial charge is 0.489 e. The van der Waals surface area contributed by atoms with Crippen molar-refractivity contribution in [3.63, 3.8) is 0 Å². The van der Waals surface area contributed by atoms with Gasteiger partial charge in [-0.15, -0.1) is 0 Å².